The number of alkyl halides is 1. The number of aliphatic carboxylic acids is 1. The number of carboxylic acids is 1. The van der Waals surface area contributed by atoms with E-state index in [2.05, 4.69) is 5.32 Å². The second-order valence-electron chi connectivity index (χ2n) is 3.44. The Morgan fingerprint density at radius 3 is 2.88 bits per heavy atom. The number of hydrogen-bond donors (Lipinski definition) is 2. The molecule has 6 heteroatoms. The molecule has 1 heterocycles. The lowest BCUT2D eigenvalue weighted by molar-refractivity contribution is -0.145. The van der Waals surface area contributed by atoms with E-state index in [1.165, 1.54) is 18.2 Å². The zero-order valence-electron chi connectivity index (χ0n) is 7.91. The lowest BCUT2D eigenvalue weighted by Gasteiger charge is -2.10. The zero-order valence-corrected chi connectivity index (χ0v) is 8.66. The molecule has 0 saturated heterocycles. The summed E-state index contributed by atoms with van der Waals surface area (Å²) in [7, 11) is 0. The minimum absolute atomic E-state index is 0.285. The Balaban J connectivity index is 2.46. The van der Waals surface area contributed by atoms with Gasteiger partial charge in [0, 0.05) is 10.7 Å². The van der Waals surface area contributed by atoms with Gasteiger partial charge in [-0.3, -0.25) is 4.79 Å². The number of rotatable bonds is 2. The summed E-state index contributed by atoms with van der Waals surface area (Å²) in [5.74, 6) is -3.65. The molecule has 0 spiro atoms. The fourth-order valence-electron chi connectivity index (χ4n) is 1.69. The molecule has 0 aromatic heterocycles. The maximum absolute atomic E-state index is 13.4. The highest BCUT2D eigenvalue weighted by Gasteiger charge is 2.41. The van der Waals surface area contributed by atoms with Gasteiger partial charge in [-0.2, -0.15) is 0 Å². The van der Waals surface area contributed by atoms with Gasteiger partial charge in [0.15, 0.2) is 0 Å². The molecule has 16 heavy (non-hydrogen) atoms. The Labute approximate surface area is 95.0 Å². The first-order valence-corrected chi connectivity index (χ1v) is 4.85. The quantitative estimate of drug-likeness (QED) is 0.832. The van der Waals surface area contributed by atoms with Crippen LogP contribution in [0.4, 0.5) is 10.1 Å². The molecule has 1 amide bonds. The number of fused-ring (bicyclic) bond motifs is 1. The summed E-state index contributed by atoms with van der Waals surface area (Å²) >= 11 is 5.71. The fraction of sp³-hybridized carbons (Fsp3) is 0.200. The molecule has 0 aliphatic carbocycles. The van der Waals surface area contributed by atoms with Crippen molar-refractivity contribution in [2.75, 3.05) is 5.32 Å². The summed E-state index contributed by atoms with van der Waals surface area (Å²) in [5, 5.41) is 11.3. The number of halogens is 2. The molecule has 1 aliphatic rings. The van der Waals surface area contributed by atoms with Crippen LogP contribution in [0.5, 0.6) is 0 Å². The van der Waals surface area contributed by atoms with Crippen molar-refractivity contribution in [3.63, 3.8) is 0 Å². The third kappa shape index (κ3) is 1.63. The van der Waals surface area contributed by atoms with E-state index in [0.717, 1.165) is 0 Å². The largest absolute Gasteiger partial charge is 0.479 e. The standard InChI is InChI=1S/C10H7ClFNO3/c11-4-1-2-6-5(3-4)7(9(14)13-6)8(12)10(15)16/h1-3,7-8H,(H,13,14)(H,15,16). The van der Waals surface area contributed by atoms with Gasteiger partial charge >= 0.3 is 5.97 Å². The maximum atomic E-state index is 13.4. The van der Waals surface area contributed by atoms with Crippen LogP contribution in [0, 0.1) is 0 Å². The van der Waals surface area contributed by atoms with E-state index in [-0.39, 0.29) is 5.56 Å². The van der Waals surface area contributed by atoms with E-state index in [1.54, 1.807) is 0 Å². The maximum Gasteiger partial charge on any atom is 0.339 e. The smallest absolute Gasteiger partial charge is 0.339 e. The number of carbonyl (C=O) groups excluding carboxylic acids is 1. The number of amides is 1. The van der Waals surface area contributed by atoms with Gasteiger partial charge in [0.25, 0.3) is 0 Å². The van der Waals surface area contributed by atoms with Gasteiger partial charge in [0.1, 0.15) is 5.92 Å². The van der Waals surface area contributed by atoms with Crippen molar-refractivity contribution in [3.8, 4) is 0 Å². The lowest BCUT2D eigenvalue weighted by Crippen LogP contribution is -2.28. The lowest BCUT2D eigenvalue weighted by atomic mass is 9.96. The normalized spacial score (nSPS) is 20.1. The number of carboxylic acid groups (broad SMARTS) is 1. The SMILES string of the molecule is O=C(O)C(F)C1C(=O)Nc2ccc(Cl)cc21. The summed E-state index contributed by atoms with van der Waals surface area (Å²) < 4.78 is 13.4. The van der Waals surface area contributed by atoms with Crippen LogP contribution >= 0.6 is 11.6 Å². The molecule has 1 aromatic rings. The number of nitrogens with one attached hydrogen (secondary N) is 1. The highest BCUT2D eigenvalue weighted by Crippen LogP contribution is 2.37. The number of benzene rings is 1. The van der Waals surface area contributed by atoms with E-state index >= 15 is 0 Å². The van der Waals surface area contributed by atoms with Gasteiger partial charge in [-0.25, -0.2) is 9.18 Å². The highest BCUT2D eigenvalue weighted by atomic mass is 35.5. The highest BCUT2D eigenvalue weighted by molar-refractivity contribution is 6.31. The first-order chi connectivity index (χ1) is 7.50. The molecule has 0 fully saturated rings. The van der Waals surface area contributed by atoms with Gasteiger partial charge in [0.2, 0.25) is 12.1 Å². The fourth-order valence-corrected chi connectivity index (χ4v) is 1.87. The van der Waals surface area contributed by atoms with E-state index < -0.39 is 24.0 Å². The van der Waals surface area contributed by atoms with Crippen molar-refractivity contribution in [2.24, 2.45) is 0 Å². The van der Waals surface area contributed by atoms with Crippen LogP contribution in [0.25, 0.3) is 0 Å². The Bertz CT molecular complexity index is 477. The van der Waals surface area contributed by atoms with Crippen LogP contribution in [-0.4, -0.2) is 23.2 Å². The van der Waals surface area contributed by atoms with Crippen LogP contribution in [-0.2, 0) is 9.59 Å². The van der Waals surface area contributed by atoms with Crippen molar-refractivity contribution in [1.29, 1.82) is 0 Å². The van der Waals surface area contributed by atoms with E-state index in [0.29, 0.717) is 10.7 Å². The molecule has 2 atom stereocenters. The Kier molecular flexibility index (Phi) is 2.55. The zero-order chi connectivity index (χ0) is 11.9. The van der Waals surface area contributed by atoms with Gasteiger partial charge in [-0.05, 0) is 23.8 Å². The van der Waals surface area contributed by atoms with Crippen molar-refractivity contribution >= 4 is 29.2 Å². The topological polar surface area (TPSA) is 66.4 Å². The van der Waals surface area contributed by atoms with Gasteiger partial charge in [0.05, 0.1) is 0 Å². The summed E-state index contributed by atoms with van der Waals surface area (Å²) in [6.45, 7) is 0. The molecular weight excluding hydrogens is 237 g/mol. The average Bonchev–Trinajstić information content (AvgIpc) is 2.52. The molecule has 0 radical (unpaired) electrons. The number of hydrogen-bond acceptors (Lipinski definition) is 2. The molecule has 0 bridgehead atoms. The molecule has 84 valence electrons. The molecule has 2 N–H and O–H groups in total. The molecule has 0 saturated carbocycles. The van der Waals surface area contributed by atoms with Crippen LogP contribution in [0.2, 0.25) is 5.02 Å². The van der Waals surface area contributed by atoms with Gasteiger partial charge in [-0.1, -0.05) is 11.6 Å². The molecule has 1 aromatic carbocycles. The van der Waals surface area contributed by atoms with Gasteiger partial charge in [-0.15, -0.1) is 0 Å². The summed E-state index contributed by atoms with van der Waals surface area (Å²) in [4.78, 5) is 22.0. The van der Waals surface area contributed by atoms with Crippen LogP contribution in [0.3, 0.4) is 0 Å². The average molecular weight is 244 g/mol. The van der Waals surface area contributed by atoms with E-state index in [9.17, 15) is 14.0 Å². The molecule has 2 unspecified atom stereocenters. The van der Waals surface area contributed by atoms with Crippen molar-refractivity contribution in [2.45, 2.75) is 12.1 Å². The first kappa shape index (κ1) is 10.9. The van der Waals surface area contributed by atoms with Crippen LogP contribution in [0.1, 0.15) is 11.5 Å². The van der Waals surface area contributed by atoms with Crippen molar-refractivity contribution in [1.82, 2.24) is 0 Å². The molecule has 1 aliphatic heterocycles. The van der Waals surface area contributed by atoms with Crippen LogP contribution < -0.4 is 5.32 Å². The first-order valence-electron chi connectivity index (χ1n) is 4.48. The Hall–Kier alpha value is -1.62. The van der Waals surface area contributed by atoms with E-state index in [4.69, 9.17) is 16.7 Å². The van der Waals surface area contributed by atoms with Crippen molar-refractivity contribution < 1.29 is 19.1 Å². The predicted octanol–water partition coefficient (Wildman–Crippen LogP) is 1.80. The predicted molar refractivity (Wildman–Crippen MR) is 55.4 cm³/mol. The minimum atomic E-state index is -2.26. The Morgan fingerprint density at radius 1 is 1.56 bits per heavy atom. The number of anilines is 1. The molecule has 2 rings (SSSR count). The molecular formula is C10H7ClFNO3. The third-order valence-electron chi connectivity index (χ3n) is 2.42. The summed E-state index contributed by atoms with van der Waals surface area (Å²) in [5.41, 5.74) is 0.690. The second kappa shape index (κ2) is 3.75. The second-order valence-corrected chi connectivity index (χ2v) is 3.87. The summed E-state index contributed by atoms with van der Waals surface area (Å²) in [6.07, 6.45) is -2.26. The third-order valence-corrected chi connectivity index (χ3v) is 2.65. The van der Waals surface area contributed by atoms with Gasteiger partial charge < -0.3 is 10.4 Å². The monoisotopic (exact) mass is 243 g/mol. The van der Waals surface area contributed by atoms with Crippen LogP contribution in [0.15, 0.2) is 18.2 Å². The Morgan fingerprint density at radius 2 is 2.25 bits per heavy atom. The minimum Gasteiger partial charge on any atom is -0.479 e. The summed E-state index contributed by atoms with van der Waals surface area (Å²) in [6, 6.07) is 4.45. The van der Waals surface area contributed by atoms with Crippen molar-refractivity contribution in [3.05, 3.63) is 28.8 Å². The van der Waals surface area contributed by atoms with E-state index in [1.807, 2.05) is 0 Å². The molecule has 4 nitrogen and oxygen atoms in total. The number of carbonyl (C=O) groups is 2.